The van der Waals surface area contributed by atoms with Crippen molar-refractivity contribution in [1.82, 2.24) is 0 Å². The van der Waals surface area contributed by atoms with Crippen LogP contribution in [0.1, 0.15) is 18.4 Å². The number of hydrogen-bond acceptors (Lipinski definition) is 4. The van der Waals surface area contributed by atoms with Gasteiger partial charge in [-0.15, -0.1) is 0 Å². The number of primary amides is 1. The zero-order valence-electron chi connectivity index (χ0n) is 9.60. The van der Waals surface area contributed by atoms with Crippen LogP contribution in [0.3, 0.4) is 0 Å². The highest BCUT2D eigenvalue weighted by Gasteiger charge is 2.15. The number of nitrogens with two attached hydrogens (primary N) is 1. The van der Waals surface area contributed by atoms with Gasteiger partial charge < -0.3 is 11.1 Å². The minimum atomic E-state index is -0.411. The van der Waals surface area contributed by atoms with Gasteiger partial charge >= 0.3 is 0 Å². The fraction of sp³-hybridized carbons (Fsp3) is 0.364. The van der Waals surface area contributed by atoms with Gasteiger partial charge in [0.05, 0.1) is 4.92 Å². The molecule has 0 aliphatic carbocycles. The molecular weight excluding hydrogens is 222 g/mol. The molecule has 17 heavy (non-hydrogen) atoms. The number of nitro benzene ring substituents is 1. The molecule has 0 spiro atoms. The van der Waals surface area contributed by atoms with E-state index in [1.807, 2.05) is 0 Å². The Hall–Kier alpha value is -2.11. The number of carbonyl (C=O) groups is 1. The first-order valence-corrected chi connectivity index (χ1v) is 5.28. The van der Waals surface area contributed by atoms with Crippen molar-refractivity contribution in [2.45, 2.75) is 19.8 Å². The van der Waals surface area contributed by atoms with E-state index in [-0.39, 0.29) is 18.0 Å². The number of para-hydroxylation sites is 1. The number of carbonyl (C=O) groups excluding carboxylic acids is 1. The lowest BCUT2D eigenvalue weighted by Crippen LogP contribution is -2.13. The van der Waals surface area contributed by atoms with Gasteiger partial charge in [0.25, 0.3) is 5.69 Å². The van der Waals surface area contributed by atoms with Crippen molar-refractivity contribution in [3.63, 3.8) is 0 Å². The molecule has 0 radical (unpaired) electrons. The van der Waals surface area contributed by atoms with Crippen molar-refractivity contribution in [2.24, 2.45) is 5.73 Å². The van der Waals surface area contributed by atoms with Crippen LogP contribution in [-0.4, -0.2) is 17.4 Å². The molecule has 1 aromatic rings. The first kappa shape index (κ1) is 13.0. The van der Waals surface area contributed by atoms with E-state index in [1.54, 1.807) is 25.1 Å². The first-order valence-electron chi connectivity index (χ1n) is 5.28. The third kappa shape index (κ3) is 3.75. The average Bonchev–Trinajstić information content (AvgIpc) is 2.23. The van der Waals surface area contributed by atoms with Gasteiger partial charge in [0, 0.05) is 18.5 Å². The number of rotatable bonds is 6. The maximum absolute atomic E-state index is 10.9. The molecule has 0 aromatic heterocycles. The molecule has 0 aliphatic rings. The van der Waals surface area contributed by atoms with Crippen molar-refractivity contribution < 1.29 is 9.72 Å². The van der Waals surface area contributed by atoms with Crippen LogP contribution in [0.15, 0.2) is 18.2 Å². The van der Waals surface area contributed by atoms with Gasteiger partial charge in [0.1, 0.15) is 5.69 Å². The van der Waals surface area contributed by atoms with Crippen LogP contribution < -0.4 is 11.1 Å². The van der Waals surface area contributed by atoms with Crippen molar-refractivity contribution in [2.75, 3.05) is 11.9 Å². The second kappa shape index (κ2) is 5.83. The van der Waals surface area contributed by atoms with Crippen LogP contribution in [-0.2, 0) is 4.79 Å². The molecule has 0 unspecified atom stereocenters. The normalized spacial score (nSPS) is 9.94. The summed E-state index contributed by atoms with van der Waals surface area (Å²) in [5.41, 5.74) is 6.15. The molecule has 0 atom stereocenters. The molecule has 3 N–H and O–H groups in total. The van der Waals surface area contributed by atoms with Crippen molar-refractivity contribution >= 4 is 17.3 Å². The van der Waals surface area contributed by atoms with Gasteiger partial charge in [-0.2, -0.15) is 0 Å². The minimum Gasteiger partial charge on any atom is -0.379 e. The quantitative estimate of drug-likeness (QED) is 0.445. The monoisotopic (exact) mass is 237 g/mol. The standard InChI is InChI=1S/C11H15N3O3/c1-8-4-2-5-9(11(8)14(16)17)13-7-3-6-10(12)15/h2,4-5,13H,3,6-7H2,1H3,(H2,12,15). The van der Waals surface area contributed by atoms with E-state index in [0.29, 0.717) is 24.2 Å². The van der Waals surface area contributed by atoms with Crippen molar-refractivity contribution in [3.05, 3.63) is 33.9 Å². The molecule has 0 fully saturated rings. The lowest BCUT2D eigenvalue weighted by molar-refractivity contribution is -0.384. The SMILES string of the molecule is Cc1cccc(NCCCC(N)=O)c1[N+](=O)[O-]. The summed E-state index contributed by atoms with van der Waals surface area (Å²) >= 11 is 0. The molecule has 6 nitrogen and oxygen atoms in total. The summed E-state index contributed by atoms with van der Waals surface area (Å²) in [6, 6.07) is 5.08. The summed E-state index contributed by atoms with van der Waals surface area (Å²) < 4.78 is 0. The molecule has 1 amide bonds. The molecule has 1 aromatic carbocycles. The third-order valence-corrected chi connectivity index (χ3v) is 2.34. The third-order valence-electron chi connectivity index (χ3n) is 2.34. The molecule has 0 saturated heterocycles. The second-order valence-electron chi connectivity index (χ2n) is 3.72. The average molecular weight is 237 g/mol. The highest BCUT2D eigenvalue weighted by atomic mass is 16.6. The summed E-state index contributed by atoms with van der Waals surface area (Å²) in [6.45, 7) is 2.17. The number of benzene rings is 1. The van der Waals surface area contributed by atoms with Gasteiger partial charge in [-0.05, 0) is 19.4 Å². The van der Waals surface area contributed by atoms with Crippen LogP contribution >= 0.6 is 0 Å². The molecular formula is C11H15N3O3. The fourth-order valence-electron chi connectivity index (χ4n) is 1.53. The Kier molecular flexibility index (Phi) is 4.45. The minimum absolute atomic E-state index is 0.0755. The summed E-state index contributed by atoms with van der Waals surface area (Å²) in [5, 5.41) is 13.8. The molecule has 1 rings (SSSR count). The maximum Gasteiger partial charge on any atom is 0.295 e. The smallest absolute Gasteiger partial charge is 0.295 e. The number of nitro groups is 1. The summed E-state index contributed by atoms with van der Waals surface area (Å²) in [4.78, 5) is 21.0. The molecule has 0 bridgehead atoms. The Labute approximate surface area is 99.0 Å². The van der Waals surface area contributed by atoms with E-state index in [9.17, 15) is 14.9 Å². The van der Waals surface area contributed by atoms with Gasteiger partial charge in [-0.3, -0.25) is 14.9 Å². The van der Waals surface area contributed by atoms with Crippen molar-refractivity contribution in [1.29, 1.82) is 0 Å². The van der Waals surface area contributed by atoms with Crippen LogP contribution in [0.4, 0.5) is 11.4 Å². The molecule has 92 valence electrons. The Bertz CT molecular complexity index is 432. The van der Waals surface area contributed by atoms with Gasteiger partial charge in [0.15, 0.2) is 0 Å². The number of aryl methyl sites for hydroxylation is 1. The van der Waals surface area contributed by atoms with E-state index in [1.165, 1.54) is 0 Å². The highest BCUT2D eigenvalue weighted by Crippen LogP contribution is 2.27. The predicted octanol–water partition coefficient (Wildman–Crippen LogP) is 1.58. The lowest BCUT2D eigenvalue weighted by Gasteiger charge is -2.07. The highest BCUT2D eigenvalue weighted by molar-refractivity contribution is 5.73. The van der Waals surface area contributed by atoms with E-state index in [2.05, 4.69) is 5.32 Å². The van der Waals surface area contributed by atoms with Gasteiger partial charge in [0.2, 0.25) is 5.91 Å². The number of amides is 1. The van der Waals surface area contributed by atoms with E-state index in [0.717, 1.165) is 0 Å². The fourth-order valence-corrected chi connectivity index (χ4v) is 1.53. The Morgan fingerprint density at radius 1 is 1.53 bits per heavy atom. The molecule has 0 saturated carbocycles. The summed E-state index contributed by atoms with van der Waals surface area (Å²) in [6.07, 6.45) is 0.826. The molecule has 0 heterocycles. The molecule has 6 heteroatoms. The Balaban J connectivity index is 2.67. The van der Waals surface area contributed by atoms with E-state index >= 15 is 0 Å². The van der Waals surface area contributed by atoms with Crippen LogP contribution in [0.5, 0.6) is 0 Å². The number of nitrogens with zero attached hydrogens (tertiary/aromatic N) is 1. The second-order valence-corrected chi connectivity index (χ2v) is 3.72. The van der Waals surface area contributed by atoms with E-state index < -0.39 is 4.92 Å². The number of hydrogen-bond donors (Lipinski definition) is 2. The topological polar surface area (TPSA) is 98.3 Å². The van der Waals surface area contributed by atoms with Crippen LogP contribution in [0, 0.1) is 17.0 Å². The van der Waals surface area contributed by atoms with Crippen molar-refractivity contribution in [3.8, 4) is 0 Å². The lowest BCUT2D eigenvalue weighted by atomic mass is 10.1. The summed E-state index contributed by atoms with van der Waals surface area (Å²) in [7, 11) is 0. The van der Waals surface area contributed by atoms with Crippen LogP contribution in [0.25, 0.3) is 0 Å². The van der Waals surface area contributed by atoms with Gasteiger partial charge in [-0.25, -0.2) is 0 Å². The number of nitrogens with one attached hydrogen (secondary N) is 1. The number of anilines is 1. The van der Waals surface area contributed by atoms with Gasteiger partial charge in [-0.1, -0.05) is 12.1 Å². The summed E-state index contributed by atoms with van der Waals surface area (Å²) in [5.74, 6) is -0.370. The zero-order valence-corrected chi connectivity index (χ0v) is 9.60. The first-order chi connectivity index (χ1) is 8.02. The largest absolute Gasteiger partial charge is 0.379 e. The Morgan fingerprint density at radius 3 is 2.82 bits per heavy atom. The molecule has 0 aliphatic heterocycles. The maximum atomic E-state index is 10.9. The zero-order chi connectivity index (χ0) is 12.8. The Morgan fingerprint density at radius 2 is 2.24 bits per heavy atom. The van der Waals surface area contributed by atoms with E-state index in [4.69, 9.17) is 5.73 Å². The van der Waals surface area contributed by atoms with Crippen LogP contribution in [0.2, 0.25) is 0 Å². The predicted molar refractivity (Wildman–Crippen MR) is 64.8 cm³/mol.